The summed E-state index contributed by atoms with van der Waals surface area (Å²) in [5.74, 6) is 1.97. The van der Waals surface area contributed by atoms with Gasteiger partial charge in [0.15, 0.2) is 5.76 Å². The average Bonchev–Trinajstić information content (AvgIpc) is 3.23. The molecule has 4 rings (SSSR count). The lowest BCUT2D eigenvalue weighted by atomic mass is 9.77. The van der Waals surface area contributed by atoms with E-state index in [4.69, 9.17) is 4.52 Å². The Balaban J connectivity index is 1.30. The van der Waals surface area contributed by atoms with Crippen molar-refractivity contribution in [2.24, 2.45) is 5.41 Å². The van der Waals surface area contributed by atoms with Gasteiger partial charge in [0.2, 0.25) is 5.91 Å². The molecule has 1 aliphatic carbocycles. The van der Waals surface area contributed by atoms with Gasteiger partial charge >= 0.3 is 0 Å². The van der Waals surface area contributed by atoms with E-state index < -0.39 is 0 Å². The predicted octanol–water partition coefficient (Wildman–Crippen LogP) is 3.56. The van der Waals surface area contributed by atoms with Crippen molar-refractivity contribution in [1.29, 1.82) is 0 Å². The lowest BCUT2D eigenvalue weighted by molar-refractivity contribution is -0.127. The fourth-order valence-corrected chi connectivity index (χ4v) is 5.00. The summed E-state index contributed by atoms with van der Waals surface area (Å²) >= 11 is 0. The summed E-state index contributed by atoms with van der Waals surface area (Å²) in [7, 11) is 0. The van der Waals surface area contributed by atoms with Crippen LogP contribution in [0.4, 0.5) is 0 Å². The third kappa shape index (κ3) is 3.62. The average molecular weight is 345 g/mol. The van der Waals surface area contributed by atoms with E-state index in [9.17, 15) is 4.79 Å². The van der Waals surface area contributed by atoms with Crippen LogP contribution in [0.5, 0.6) is 0 Å². The smallest absolute Gasteiger partial charge is 0.223 e. The van der Waals surface area contributed by atoms with Gasteiger partial charge < -0.3 is 9.42 Å². The molecule has 2 saturated heterocycles. The van der Waals surface area contributed by atoms with E-state index in [1.807, 2.05) is 4.90 Å². The summed E-state index contributed by atoms with van der Waals surface area (Å²) in [6.45, 7) is 6.88. The van der Waals surface area contributed by atoms with Crippen LogP contribution in [-0.2, 0) is 11.3 Å². The first-order chi connectivity index (χ1) is 12.2. The second-order valence-electron chi connectivity index (χ2n) is 8.41. The highest BCUT2D eigenvalue weighted by atomic mass is 16.5. The van der Waals surface area contributed by atoms with E-state index in [1.165, 1.54) is 37.8 Å². The number of amides is 1. The minimum absolute atomic E-state index is 0.234. The van der Waals surface area contributed by atoms with Gasteiger partial charge in [0.1, 0.15) is 0 Å². The van der Waals surface area contributed by atoms with Crippen LogP contribution in [0.2, 0.25) is 0 Å². The summed E-state index contributed by atoms with van der Waals surface area (Å²) in [5.41, 5.74) is 1.40. The summed E-state index contributed by atoms with van der Waals surface area (Å²) in [5, 5.41) is 4.35. The molecule has 0 atom stereocenters. The number of aromatic nitrogens is 1. The van der Waals surface area contributed by atoms with Crippen molar-refractivity contribution in [3.8, 4) is 0 Å². The van der Waals surface area contributed by atoms with Gasteiger partial charge in [0, 0.05) is 31.5 Å². The maximum atomic E-state index is 12.1. The zero-order valence-electron chi connectivity index (χ0n) is 15.5. The molecule has 1 saturated carbocycles. The molecule has 2 aliphatic heterocycles. The number of rotatable bonds is 4. The van der Waals surface area contributed by atoms with Crippen molar-refractivity contribution < 1.29 is 9.32 Å². The summed E-state index contributed by atoms with van der Waals surface area (Å²) < 4.78 is 5.64. The number of nitrogens with zero attached hydrogens (tertiary/aromatic N) is 3. The number of hydrogen-bond donors (Lipinski definition) is 0. The fraction of sp³-hybridized carbons (Fsp3) is 0.800. The Morgan fingerprint density at radius 1 is 1.24 bits per heavy atom. The summed E-state index contributed by atoms with van der Waals surface area (Å²) in [6, 6.07) is 2.19. The second kappa shape index (κ2) is 7.10. The predicted molar refractivity (Wildman–Crippen MR) is 96.1 cm³/mol. The van der Waals surface area contributed by atoms with Crippen LogP contribution in [0.3, 0.4) is 0 Å². The van der Waals surface area contributed by atoms with Crippen LogP contribution in [-0.4, -0.2) is 47.0 Å². The first-order valence-electron chi connectivity index (χ1n) is 10.1. The van der Waals surface area contributed by atoms with Gasteiger partial charge in [-0.2, -0.15) is 0 Å². The number of carbonyl (C=O) groups excluding carboxylic acids is 1. The van der Waals surface area contributed by atoms with Gasteiger partial charge in [-0.25, -0.2) is 0 Å². The number of piperidine rings is 1. The zero-order chi connectivity index (χ0) is 17.3. The second-order valence-corrected chi connectivity index (χ2v) is 8.41. The van der Waals surface area contributed by atoms with Gasteiger partial charge in [-0.15, -0.1) is 0 Å². The standard InChI is InChI=1S/C20H31N3O2/c1-2-23-15-20(13-19(23)24)8-10-22(11-9-20)14-17-12-18(21-25-17)16-6-4-3-5-7-16/h12,16H,2-11,13-15H2,1H3. The van der Waals surface area contributed by atoms with E-state index in [0.29, 0.717) is 11.8 Å². The van der Waals surface area contributed by atoms with Crippen molar-refractivity contribution in [2.45, 2.75) is 70.8 Å². The first-order valence-corrected chi connectivity index (χ1v) is 10.1. The lowest BCUT2D eigenvalue weighted by Gasteiger charge is -2.38. The maximum Gasteiger partial charge on any atom is 0.223 e. The van der Waals surface area contributed by atoms with Crippen molar-refractivity contribution in [1.82, 2.24) is 15.0 Å². The molecular weight excluding hydrogens is 314 g/mol. The van der Waals surface area contributed by atoms with Gasteiger partial charge in [0.25, 0.3) is 0 Å². The molecule has 138 valence electrons. The van der Waals surface area contributed by atoms with Gasteiger partial charge in [-0.3, -0.25) is 9.69 Å². The van der Waals surface area contributed by atoms with Crippen molar-refractivity contribution in [2.75, 3.05) is 26.2 Å². The molecule has 0 N–H and O–H groups in total. The van der Waals surface area contributed by atoms with Gasteiger partial charge in [-0.05, 0) is 51.1 Å². The minimum Gasteiger partial charge on any atom is -0.360 e. The van der Waals surface area contributed by atoms with Crippen LogP contribution in [0.1, 0.15) is 75.7 Å². The topological polar surface area (TPSA) is 49.6 Å². The molecule has 1 aromatic heterocycles. The molecule has 1 aromatic rings. The molecule has 0 aromatic carbocycles. The molecule has 3 aliphatic rings. The Kier molecular flexibility index (Phi) is 4.85. The van der Waals surface area contributed by atoms with Crippen molar-refractivity contribution in [3.63, 3.8) is 0 Å². The largest absolute Gasteiger partial charge is 0.360 e. The molecule has 25 heavy (non-hydrogen) atoms. The minimum atomic E-state index is 0.234. The molecule has 1 spiro atoms. The van der Waals surface area contributed by atoms with Crippen LogP contribution < -0.4 is 0 Å². The molecule has 0 bridgehead atoms. The van der Waals surface area contributed by atoms with E-state index in [-0.39, 0.29) is 5.41 Å². The highest BCUT2D eigenvalue weighted by Crippen LogP contribution is 2.41. The van der Waals surface area contributed by atoms with Crippen LogP contribution in [0.25, 0.3) is 0 Å². The Hall–Kier alpha value is -1.36. The highest BCUT2D eigenvalue weighted by molar-refractivity contribution is 5.79. The Labute approximate surface area is 150 Å². The third-order valence-electron chi connectivity index (χ3n) is 6.68. The van der Waals surface area contributed by atoms with E-state index in [0.717, 1.165) is 57.7 Å². The summed E-state index contributed by atoms with van der Waals surface area (Å²) in [6.07, 6.45) is 9.55. The van der Waals surface area contributed by atoms with Crippen LogP contribution >= 0.6 is 0 Å². The molecule has 3 heterocycles. The maximum absolute atomic E-state index is 12.1. The summed E-state index contributed by atoms with van der Waals surface area (Å²) in [4.78, 5) is 16.6. The Morgan fingerprint density at radius 3 is 2.68 bits per heavy atom. The van der Waals surface area contributed by atoms with Crippen molar-refractivity contribution in [3.05, 3.63) is 17.5 Å². The lowest BCUT2D eigenvalue weighted by Crippen LogP contribution is -2.41. The van der Waals surface area contributed by atoms with Gasteiger partial charge in [0.05, 0.1) is 12.2 Å². The van der Waals surface area contributed by atoms with Crippen LogP contribution in [0, 0.1) is 5.41 Å². The molecule has 3 fully saturated rings. The zero-order valence-corrected chi connectivity index (χ0v) is 15.5. The number of carbonyl (C=O) groups is 1. The molecular formula is C20H31N3O2. The van der Waals surface area contributed by atoms with Crippen molar-refractivity contribution >= 4 is 5.91 Å². The van der Waals surface area contributed by atoms with Gasteiger partial charge in [-0.1, -0.05) is 24.4 Å². The highest BCUT2D eigenvalue weighted by Gasteiger charge is 2.44. The third-order valence-corrected chi connectivity index (χ3v) is 6.68. The van der Waals surface area contributed by atoms with E-state index >= 15 is 0 Å². The van der Waals surface area contributed by atoms with E-state index in [2.05, 4.69) is 23.0 Å². The Bertz CT molecular complexity index is 598. The molecule has 0 radical (unpaired) electrons. The first kappa shape index (κ1) is 17.1. The SMILES string of the molecule is CCN1CC2(CCN(Cc3cc(C4CCCCC4)no3)CC2)CC1=O. The number of likely N-dealkylation sites (tertiary alicyclic amines) is 2. The molecule has 5 heteroatoms. The molecule has 0 unspecified atom stereocenters. The monoisotopic (exact) mass is 345 g/mol. The fourth-order valence-electron chi connectivity index (χ4n) is 5.00. The quantitative estimate of drug-likeness (QED) is 0.837. The van der Waals surface area contributed by atoms with Crippen LogP contribution in [0.15, 0.2) is 10.6 Å². The Morgan fingerprint density at radius 2 is 2.00 bits per heavy atom. The molecule has 5 nitrogen and oxygen atoms in total. The molecule has 1 amide bonds. The number of hydrogen-bond acceptors (Lipinski definition) is 4. The van der Waals surface area contributed by atoms with E-state index in [1.54, 1.807) is 0 Å². The normalized spacial score (nSPS) is 25.2.